The Morgan fingerprint density at radius 3 is 2.75 bits per heavy atom. The Bertz CT molecular complexity index is 627. The van der Waals surface area contributed by atoms with E-state index < -0.39 is 4.92 Å². The Morgan fingerprint density at radius 1 is 1.25 bits per heavy atom. The van der Waals surface area contributed by atoms with Crippen molar-refractivity contribution in [2.45, 2.75) is 25.3 Å². The van der Waals surface area contributed by atoms with Gasteiger partial charge in [-0.2, -0.15) is 0 Å². The molecule has 0 aliphatic heterocycles. The molecule has 1 N–H and O–H groups in total. The molecule has 3 rings (SSSR count). The third-order valence-electron chi connectivity index (χ3n) is 3.52. The van der Waals surface area contributed by atoms with Crippen molar-refractivity contribution in [3.05, 3.63) is 57.9 Å². The predicted octanol–water partition coefficient (Wildman–Crippen LogP) is 2.87. The summed E-state index contributed by atoms with van der Waals surface area (Å²) in [4.78, 5) is 18.1. The van der Waals surface area contributed by atoms with Gasteiger partial charge in [0.2, 0.25) is 5.95 Å². The van der Waals surface area contributed by atoms with E-state index in [-0.39, 0.29) is 11.7 Å². The van der Waals surface area contributed by atoms with Crippen molar-refractivity contribution in [1.82, 2.24) is 9.97 Å². The van der Waals surface area contributed by atoms with Crippen molar-refractivity contribution in [1.29, 1.82) is 0 Å². The summed E-state index contributed by atoms with van der Waals surface area (Å²) < 4.78 is 0. The van der Waals surface area contributed by atoms with Crippen LogP contribution in [0.2, 0.25) is 0 Å². The lowest BCUT2D eigenvalue weighted by atomic mass is 9.88. The van der Waals surface area contributed by atoms with Gasteiger partial charge in [0, 0.05) is 0 Å². The normalized spacial score (nSPS) is 17.3. The number of aromatic nitrogens is 2. The zero-order chi connectivity index (χ0) is 13.9. The predicted molar refractivity (Wildman–Crippen MR) is 74.4 cm³/mol. The number of anilines is 1. The van der Waals surface area contributed by atoms with Gasteiger partial charge >= 0.3 is 5.69 Å². The molecule has 0 spiro atoms. The Morgan fingerprint density at radius 2 is 2.00 bits per heavy atom. The molecule has 1 heterocycles. The first-order valence-corrected chi connectivity index (χ1v) is 6.55. The number of hydrogen-bond acceptors (Lipinski definition) is 5. The molecule has 0 amide bonds. The number of nitro groups is 1. The Labute approximate surface area is 116 Å². The third kappa shape index (κ3) is 2.45. The van der Waals surface area contributed by atoms with E-state index in [0.29, 0.717) is 5.95 Å². The van der Waals surface area contributed by atoms with E-state index in [9.17, 15) is 10.1 Å². The molecule has 1 aliphatic carbocycles. The van der Waals surface area contributed by atoms with Crippen LogP contribution < -0.4 is 5.32 Å². The maximum atomic E-state index is 10.6. The number of aryl methyl sites for hydroxylation is 1. The van der Waals surface area contributed by atoms with Gasteiger partial charge in [0.15, 0.2) is 0 Å². The summed E-state index contributed by atoms with van der Waals surface area (Å²) in [6, 6.07) is 8.48. The molecule has 1 unspecified atom stereocenters. The highest BCUT2D eigenvalue weighted by atomic mass is 16.6. The zero-order valence-electron chi connectivity index (χ0n) is 10.8. The van der Waals surface area contributed by atoms with Crippen LogP contribution in [0.25, 0.3) is 0 Å². The monoisotopic (exact) mass is 270 g/mol. The summed E-state index contributed by atoms with van der Waals surface area (Å²) in [5, 5.41) is 13.8. The lowest BCUT2D eigenvalue weighted by Gasteiger charge is -2.26. The molecule has 6 heteroatoms. The van der Waals surface area contributed by atoms with Crippen LogP contribution in [-0.4, -0.2) is 14.9 Å². The fraction of sp³-hybridized carbons (Fsp3) is 0.286. The molecule has 0 fully saturated rings. The van der Waals surface area contributed by atoms with Gasteiger partial charge in [-0.25, -0.2) is 9.97 Å². The average Bonchev–Trinajstić information content (AvgIpc) is 2.48. The second kappa shape index (κ2) is 5.24. The van der Waals surface area contributed by atoms with Crippen LogP contribution in [0, 0.1) is 10.1 Å². The quantitative estimate of drug-likeness (QED) is 0.685. The molecule has 0 bridgehead atoms. The van der Waals surface area contributed by atoms with Crippen molar-refractivity contribution in [2.24, 2.45) is 0 Å². The minimum absolute atomic E-state index is 0.0976. The number of nitrogens with one attached hydrogen (secondary N) is 1. The average molecular weight is 270 g/mol. The van der Waals surface area contributed by atoms with E-state index in [4.69, 9.17) is 0 Å². The molecule has 0 saturated heterocycles. The molecule has 0 saturated carbocycles. The molecule has 102 valence electrons. The Kier molecular flexibility index (Phi) is 3.28. The molecule has 1 aromatic heterocycles. The van der Waals surface area contributed by atoms with Crippen molar-refractivity contribution < 1.29 is 4.92 Å². The molecule has 20 heavy (non-hydrogen) atoms. The standard InChI is InChI=1S/C14H14N4O2/c19-18(20)11-8-15-14(16-9-11)17-13-7-3-5-10-4-1-2-6-12(10)13/h1-2,4,6,8-9,13H,3,5,7H2,(H,15,16,17). The van der Waals surface area contributed by atoms with E-state index >= 15 is 0 Å². The molecular weight excluding hydrogens is 256 g/mol. The molecular formula is C14H14N4O2. The summed E-state index contributed by atoms with van der Waals surface area (Å²) in [5.74, 6) is 0.428. The van der Waals surface area contributed by atoms with E-state index in [2.05, 4.69) is 27.4 Å². The van der Waals surface area contributed by atoms with Crippen LogP contribution in [0.4, 0.5) is 11.6 Å². The van der Waals surface area contributed by atoms with Crippen LogP contribution in [-0.2, 0) is 6.42 Å². The van der Waals surface area contributed by atoms with Crippen molar-refractivity contribution in [3.63, 3.8) is 0 Å². The highest BCUT2D eigenvalue weighted by molar-refractivity contribution is 5.39. The molecule has 0 radical (unpaired) electrons. The summed E-state index contributed by atoms with van der Waals surface area (Å²) in [6.45, 7) is 0. The fourth-order valence-corrected chi connectivity index (χ4v) is 2.55. The summed E-state index contributed by atoms with van der Waals surface area (Å²) in [7, 11) is 0. The van der Waals surface area contributed by atoms with Crippen molar-refractivity contribution in [3.8, 4) is 0 Å². The Balaban J connectivity index is 1.80. The van der Waals surface area contributed by atoms with Crippen LogP contribution in [0.5, 0.6) is 0 Å². The van der Waals surface area contributed by atoms with Crippen molar-refractivity contribution in [2.75, 3.05) is 5.32 Å². The zero-order valence-corrected chi connectivity index (χ0v) is 10.8. The SMILES string of the molecule is O=[N+]([O-])c1cnc(NC2CCCc3ccccc32)nc1. The largest absolute Gasteiger partial charge is 0.347 e. The lowest BCUT2D eigenvalue weighted by Crippen LogP contribution is -2.18. The smallest absolute Gasteiger partial charge is 0.305 e. The molecule has 2 aromatic rings. The van der Waals surface area contributed by atoms with Crippen LogP contribution >= 0.6 is 0 Å². The number of benzene rings is 1. The number of hydrogen-bond donors (Lipinski definition) is 1. The van der Waals surface area contributed by atoms with Crippen LogP contribution in [0.15, 0.2) is 36.7 Å². The van der Waals surface area contributed by atoms with Crippen LogP contribution in [0.3, 0.4) is 0 Å². The van der Waals surface area contributed by atoms with Gasteiger partial charge in [-0.1, -0.05) is 24.3 Å². The third-order valence-corrected chi connectivity index (χ3v) is 3.52. The lowest BCUT2D eigenvalue weighted by molar-refractivity contribution is -0.385. The minimum atomic E-state index is -0.500. The number of nitrogens with zero attached hydrogens (tertiary/aromatic N) is 3. The summed E-state index contributed by atoms with van der Waals surface area (Å²) in [6.07, 6.45) is 5.67. The maximum absolute atomic E-state index is 10.6. The molecule has 1 aliphatic rings. The van der Waals surface area contributed by atoms with Gasteiger partial charge in [0.1, 0.15) is 12.4 Å². The van der Waals surface area contributed by atoms with Crippen molar-refractivity contribution >= 4 is 11.6 Å². The highest BCUT2D eigenvalue weighted by Gasteiger charge is 2.20. The van der Waals surface area contributed by atoms with E-state index in [1.807, 2.05) is 12.1 Å². The molecule has 1 aromatic carbocycles. The van der Waals surface area contributed by atoms with E-state index in [1.165, 1.54) is 23.5 Å². The second-order valence-corrected chi connectivity index (χ2v) is 4.81. The molecule has 6 nitrogen and oxygen atoms in total. The van der Waals surface area contributed by atoms with Gasteiger partial charge in [0.25, 0.3) is 0 Å². The second-order valence-electron chi connectivity index (χ2n) is 4.81. The van der Waals surface area contributed by atoms with Crippen LogP contribution in [0.1, 0.15) is 30.0 Å². The first-order chi connectivity index (χ1) is 9.74. The van der Waals surface area contributed by atoms with Gasteiger partial charge in [-0.3, -0.25) is 10.1 Å². The van der Waals surface area contributed by atoms with Gasteiger partial charge in [0.05, 0.1) is 11.0 Å². The number of rotatable bonds is 3. The summed E-state index contributed by atoms with van der Waals surface area (Å²) >= 11 is 0. The van der Waals surface area contributed by atoms with E-state index in [1.54, 1.807) is 0 Å². The van der Waals surface area contributed by atoms with Gasteiger partial charge in [-0.05, 0) is 30.4 Å². The Hall–Kier alpha value is -2.50. The number of fused-ring (bicyclic) bond motifs is 1. The first-order valence-electron chi connectivity index (χ1n) is 6.55. The highest BCUT2D eigenvalue weighted by Crippen LogP contribution is 2.31. The van der Waals surface area contributed by atoms with Gasteiger partial charge in [-0.15, -0.1) is 0 Å². The first kappa shape index (κ1) is 12.5. The van der Waals surface area contributed by atoms with E-state index in [0.717, 1.165) is 19.3 Å². The molecule has 1 atom stereocenters. The van der Waals surface area contributed by atoms with Gasteiger partial charge < -0.3 is 5.32 Å². The summed E-state index contributed by atoms with van der Waals surface area (Å²) in [5.41, 5.74) is 2.51. The topological polar surface area (TPSA) is 81.0 Å². The minimum Gasteiger partial charge on any atom is -0.347 e. The maximum Gasteiger partial charge on any atom is 0.305 e. The fourth-order valence-electron chi connectivity index (χ4n) is 2.55.